The van der Waals surface area contributed by atoms with Gasteiger partial charge in [-0.2, -0.15) is 0 Å². The standard InChI is InChI=1S/C15H18O3/c1-2-18-10-9-14(16)13-8-7-11-5-3-4-6-12(11)15(13)17/h3-6,13H,2,7-10H2,1H3. The molecule has 0 radical (unpaired) electrons. The lowest BCUT2D eigenvalue weighted by molar-refractivity contribution is -0.122. The van der Waals surface area contributed by atoms with Gasteiger partial charge in [-0.05, 0) is 25.3 Å². The molecule has 2 rings (SSSR count). The number of Topliss-reactive ketones (excluding diaryl/α,β-unsaturated/α-hetero) is 2. The zero-order valence-corrected chi connectivity index (χ0v) is 10.6. The molecule has 1 aliphatic carbocycles. The van der Waals surface area contributed by atoms with Crippen LogP contribution in [0.3, 0.4) is 0 Å². The number of hydrogen-bond acceptors (Lipinski definition) is 3. The molecule has 0 saturated heterocycles. The van der Waals surface area contributed by atoms with Crippen molar-refractivity contribution in [2.75, 3.05) is 13.2 Å². The molecule has 1 aromatic rings. The van der Waals surface area contributed by atoms with Gasteiger partial charge in [-0.15, -0.1) is 0 Å². The molecule has 96 valence electrons. The van der Waals surface area contributed by atoms with Crippen LogP contribution in [0.1, 0.15) is 35.7 Å². The lowest BCUT2D eigenvalue weighted by Crippen LogP contribution is -2.30. The highest BCUT2D eigenvalue weighted by atomic mass is 16.5. The van der Waals surface area contributed by atoms with Gasteiger partial charge in [0.1, 0.15) is 5.78 Å². The number of benzene rings is 1. The minimum absolute atomic E-state index is 0.0154. The van der Waals surface area contributed by atoms with E-state index in [1.807, 2.05) is 31.2 Å². The van der Waals surface area contributed by atoms with Crippen LogP contribution in [-0.2, 0) is 16.0 Å². The van der Waals surface area contributed by atoms with Gasteiger partial charge in [0.25, 0.3) is 0 Å². The van der Waals surface area contributed by atoms with Crippen molar-refractivity contribution in [3.63, 3.8) is 0 Å². The number of aryl methyl sites for hydroxylation is 1. The van der Waals surface area contributed by atoms with Gasteiger partial charge in [-0.25, -0.2) is 0 Å². The molecule has 0 heterocycles. The second kappa shape index (κ2) is 5.91. The van der Waals surface area contributed by atoms with E-state index in [-0.39, 0.29) is 11.6 Å². The molecule has 0 aromatic heterocycles. The van der Waals surface area contributed by atoms with E-state index in [0.29, 0.717) is 26.1 Å². The average Bonchev–Trinajstić information content (AvgIpc) is 2.39. The third kappa shape index (κ3) is 2.67. The fourth-order valence-corrected chi connectivity index (χ4v) is 2.40. The molecule has 1 aromatic carbocycles. The van der Waals surface area contributed by atoms with E-state index in [2.05, 4.69) is 0 Å². The van der Waals surface area contributed by atoms with E-state index in [0.717, 1.165) is 17.5 Å². The second-order valence-electron chi connectivity index (χ2n) is 4.53. The van der Waals surface area contributed by atoms with Gasteiger partial charge in [0.05, 0.1) is 12.5 Å². The highest BCUT2D eigenvalue weighted by molar-refractivity contribution is 6.12. The van der Waals surface area contributed by atoms with Crippen LogP contribution in [0.4, 0.5) is 0 Å². The zero-order chi connectivity index (χ0) is 13.0. The van der Waals surface area contributed by atoms with E-state index in [1.165, 1.54) is 0 Å². The molecular weight excluding hydrogens is 228 g/mol. The fraction of sp³-hybridized carbons (Fsp3) is 0.467. The highest BCUT2D eigenvalue weighted by Gasteiger charge is 2.31. The van der Waals surface area contributed by atoms with Gasteiger partial charge in [0.15, 0.2) is 5.78 Å². The van der Waals surface area contributed by atoms with Crippen molar-refractivity contribution in [3.05, 3.63) is 35.4 Å². The minimum atomic E-state index is -0.458. The van der Waals surface area contributed by atoms with Crippen molar-refractivity contribution < 1.29 is 14.3 Å². The number of hydrogen-bond donors (Lipinski definition) is 0. The maximum absolute atomic E-state index is 12.2. The van der Waals surface area contributed by atoms with Crippen molar-refractivity contribution in [2.45, 2.75) is 26.2 Å². The molecule has 3 nitrogen and oxygen atoms in total. The maximum atomic E-state index is 12.2. The number of rotatable bonds is 5. The molecule has 1 atom stereocenters. The molecule has 0 N–H and O–H groups in total. The largest absolute Gasteiger partial charge is 0.381 e. The number of carbonyl (C=O) groups is 2. The van der Waals surface area contributed by atoms with E-state index in [9.17, 15) is 9.59 Å². The Balaban J connectivity index is 2.05. The summed E-state index contributed by atoms with van der Waals surface area (Å²) in [5, 5.41) is 0. The van der Waals surface area contributed by atoms with Crippen molar-refractivity contribution in [2.24, 2.45) is 5.92 Å². The van der Waals surface area contributed by atoms with Crippen LogP contribution in [-0.4, -0.2) is 24.8 Å². The maximum Gasteiger partial charge on any atom is 0.173 e. The summed E-state index contributed by atoms with van der Waals surface area (Å²) in [6.45, 7) is 2.92. The Morgan fingerprint density at radius 3 is 2.94 bits per heavy atom. The summed E-state index contributed by atoms with van der Waals surface area (Å²) < 4.78 is 5.17. The SMILES string of the molecule is CCOCCC(=O)C1CCc2ccccc2C1=O. The molecule has 0 bridgehead atoms. The first-order chi connectivity index (χ1) is 8.74. The monoisotopic (exact) mass is 246 g/mol. The van der Waals surface area contributed by atoms with Gasteiger partial charge in [0, 0.05) is 18.6 Å². The van der Waals surface area contributed by atoms with Crippen LogP contribution in [0.2, 0.25) is 0 Å². The van der Waals surface area contributed by atoms with Gasteiger partial charge in [-0.3, -0.25) is 9.59 Å². The number of carbonyl (C=O) groups excluding carboxylic acids is 2. The summed E-state index contributed by atoms with van der Waals surface area (Å²) in [5.74, 6) is -0.457. The van der Waals surface area contributed by atoms with Gasteiger partial charge in [0.2, 0.25) is 0 Å². The summed E-state index contributed by atoms with van der Waals surface area (Å²) in [6, 6.07) is 7.57. The minimum Gasteiger partial charge on any atom is -0.381 e. The normalized spacial score (nSPS) is 18.5. The number of ketones is 2. The topological polar surface area (TPSA) is 43.4 Å². The Kier molecular flexibility index (Phi) is 4.26. The first-order valence-electron chi connectivity index (χ1n) is 6.46. The molecular formula is C15H18O3. The smallest absolute Gasteiger partial charge is 0.173 e. The lowest BCUT2D eigenvalue weighted by Gasteiger charge is -2.22. The highest BCUT2D eigenvalue weighted by Crippen LogP contribution is 2.26. The summed E-state index contributed by atoms with van der Waals surface area (Å²) in [6.07, 6.45) is 1.79. The van der Waals surface area contributed by atoms with Crippen LogP contribution in [0.5, 0.6) is 0 Å². The van der Waals surface area contributed by atoms with Crippen LogP contribution < -0.4 is 0 Å². The van der Waals surface area contributed by atoms with Crippen molar-refractivity contribution in [1.29, 1.82) is 0 Å². The van der Waals surface area contributed by atoms with Crippen LogP contribution in [0.25, 0.3) is 0 Å². The molecule has 3 heteroatoms. The van der Waals surface area contributed by atoms with Gasteiger partial charge in [-0.1, -0.05) is 24.3 Å². The molecule has 0 amide bonds. The third-order valence-corrected chi connectivity index (χ3v) is 3.39. The van der Waals surface area contributed by atoms with Crippen molar-refractivity contribution in [1.82, 2.24) is 0 Å². The van der Waals surface area contributed by atoms with Crippen molar-refractivity contribution in [3.8, 4) is 0 Å². The molecule has 1 unspecified atom stereocenters. The molecule has 18 heavy (non-hydrogen) atoms. The Morgan fingerprint density at radius 1 is 1.39 bits per heavy atom. The zero-order valence-electron chi connectivity index (χ0n) is 10.6. The first kappa shape index (κ1) is 13.0. The molecule has 0 aliphatic heterocycles. The predicted octanol–water partition coefficient (Wildman–Crippen LogP) is 2.43. The Hall–Kier alpha value is -1.48. The molecule has 0 spiro atoms. The van der Waals surface area contributed by atoms with E-state index in [4.69, 9.17) is 4.74 Å². The summed E-state index contributed by atoms with van der Waals surface area (Å²) in [5.41, 5.74) is 1.79. The number of fused-ring (bicyclic) bond motifs is 1. The van der Waals surface area contributed by atoms with E-state index < -0.39 is 5.92 Å². The Bertz CT molecular complexity index is 451. The lowest BCUT2D eigenvalue weighted by atomic mass is 9.80. The first-order valence-corrected chi connectivity index (χ1v) is 6.46. The summed E-state index contributed by atoms with van der Waals surface area (Å²) >= 11 is 0. The van der Waals surface area contributed by atoms with Crippen molar-refractivity contribution >= 4 is 11.6 Å². The Morgan fingerprint density at radius 2 is 2.17 bits per heavy atom. The van der Waals surface area contributed by atoms with Gasteiger partial charge < -0.3 is 4.74 Å². The quantitative estimate of drug-likeness (QED) is 0.592. The van der Waals surface area contributed by atoms with Crippen LogP contribution in [0.15, 0.2) is 24.3 Å². The van der Waals surface area contributed by atoms with E-state index in [1.54, 1.807) is 0 Å². The third-order valence-electron chi connectivity index (χ3n) is 3.39. The average molecular weight is 246 g/mol. The van der Waals surface area contributed by atoms with Crippen LogP contribution >= 0.6 is 0 Å². The second-order valence-corrected chi connectivity index (χ2v) is 4.53. The molecule has 0 fully saturated rings. The van der Waals surface area contributed by atoms with E-state index >= 15 is 0 Å². The van der Waals surface area contributed by atoms with Crippen LogP contribution in [0, 0.1) is 5.92 Å². The molecule has 1 aliphatic rings. The number of ether oxygens (including phenoxy) is 1. The van der Waals surface area contributed by atoms with Gasteiger partial charge >= 0.3 is 0 Å². The summed E-state index contributed by atoms with van der Waals surface area (Å²) in [4.78, 5) is 24.2. The Labute approximate surface area is 107 Å². The predicted molar refractivity (Wildman–Crippen MR) is 68.7 cm³/mol. The summed E-state index contributed by atoms with van der Waals surface area (Å²) in [7, 11) is 0. The molecule has 0 saturated carbocycles. The fourth-order valence-electron chi connectivity index (χ4n) is 2.40.